The van der Waals surface area contributed by atoms with E-state index in [0.717, 1.165) is 5.56 Å². The number of benzene rings is 2. The zero-order valence-corrected chi connectivity index (χ0v) is 15.5. The third-order valence-corrected chi connectivity index (χ3v) is 4.05. The summed E-state index contributed by atoms with van der Waals surface area (Å²) in [5, 5.41) is 14.0. The van der Waals surface area contributed by atoms with Crippen molar-refractivity contribution >= 4 is 33.2 Å². The van der Waals surface area contributed by atoms with Crippen molar-refractivity contribution in [1.82, 2.24) is 0 Å². The summed E-state index contributed by atoms with van der Waals surface area (Å²) < 4.78 is 11.2. The molecule has 0 saturated carbocycles. The van der Waals surface area contributed by atoms with Crippen LogP contribution >= 0.6 is 15.9 Å². The smallest absolute Gasteiger partial charge is 0.286 e. The minimum Gasteiger partial charge on any atom is -0.493 e. The lowest BCUT2D eigenvalue weighted by Crippen LogP contribution is -2.15. The van der Waals surface area contributed by atoms with Crippen LogP contribution in [0.1, 0.15) is 22.8 Å². The molecule has 0 aliphatic carbocycles. The number of methoxy groups -OCH3 is 1. The summed E-state index contributed by atoms with van der Waals surface area (Å²) in [5.41, 5.74) is 1.06. The molecule has 0 saturated heterocycles. The van der Waals surface area contributed by atoms with Gasteiger partial charge < -0.3 is 14.8 Å². The first-order valence-corrected chi connectivity index (χ1v) is 8.23. The first-order valence-electron chi connectivity index (χ1n) is 7.44. The van der Waals surface area contributed by atoms with Crippen LogP contribution in [0.2, 0.25) is 0 Å². The maximum absolute atomic E-state index is 12.6. The minimum absolute atomic E-state index is 0.110. The molecule has 0 bridgehead atoms. The standard InChI is InChI=1S/C17H17BrN2O5/c1-4-25-16-8-11(14(20(22)23)9-15(16)24-3)17(21)19-13-6-5-10(2)7-12(13)18/h5-9H,4H2,1-3H3,(H,19,21). The lowest BCUT2D eigenvalue weighted by Gasteiger charge is -2.12. The number of carbonyl (C=O) groups excluding carboxylic acids is 1. The lowest BCUT2D eigenvalue weighted by molar-refractivity contribution is -0.385. The van der Waals surface area contributed by atoms with E-state index >= 15 is 0 Å². The number of ether oxygens (including phenoxy) is 2. The second kappa shape index (κ2) is 7.98. The van der Waals surface area contributed by atoms with Crippen LogP contribution in [0.3, 0.4) is 0 Å². The van der Waals surface area contributed by atoms with Gasteiger partial charge in [-0.1, -0.05) is 6.07 Å². The first-order chi connectivity index (χ1) is 11.9. The molecular weight excluding hydrogens is 392 g/mol. The Hall–Kier alpha value is -2.61. The largest absolute Gasteiger partial charge is 0.493 e. The molecule has 0 aromatic heterocycles. The molecule has 2 aromatic carbocycles. The van der Waals surface area contributed by atoms with Gasteiger partial charge in [0.05, 0.1) is 30.4 Å². The Morgan fingerprint density at radius 2 is 2.00 bits per heavy atom. The Balaban J connectivity index is 2.46. The van der Waals surface area contributed by atoms with Crippen molar-refractivity contribution in [2.75, 3.05) is 19.0 Å². The fourth-order valence-corrected chi connectivity index (χ4v) is 2.81. The highest BCUT2D eigenvalue weighted by atomic mass is 79.9. The molecular formula is C17H17BrN2O5. The molecule has 8 heteroatoms. The van der Waals surface area contributed by atoms with Crippen molar-refractivity contribution in [2.45, 2.75) is 13.8 Å². The van der Waals surface area contributed by atoms with E-state index < -0.39 is 10.8 Å². The quantitative estimate of drug-likeness (QED) is 0.567. The minimum atomic E-state index is -0.628. The van der Waals surface area contributed by atoms with Crippen LogP contribution in [0.5, 0.6) is 11.5 Å². The van der Waals surface area contributed by atoms with Gasteiger partial charge in [-0.15, -0.1) is 0 Å². The summed E-state index contributed by atoms with van der Waals surface area (Å²) in [4.78, 5) is 23.3. The van der Waals surface area contributed by atoms with E-state index in [1.54, 1.807) is 13.0 Å². The van der Waals surface area contributed by atoms with Crippen molar-refractivity contribution in [3.63, 3.8) is 0 Å². The van der Waals surface area contributed by atoms with Gasteiger partial charge in [0.25, 0.3) is 11.6 Å². The molecule has 0 fully saturated rings. The normalized spacial score (nSPS) is 10.2. The van der Waals surface area contributed by atoms with Gasteiger partial charge in [-0.2, -0.15) is 0 Å². The van der Waals surface area contributed by atoms with E-state index in [4.69, 9.17) is 9.47 Å². The maximum Gasteiger partial charge on any atom is 0.286 e. The zero-order chi connectivity index (χ0) is 18.6. The highest BCUT2D eigenvalue weighted by molar-refractivity contribution is 9.10. The van der Waals surface area contributed by atoms with E-state index in [0.29, 0.717) is 16.8 Å². The average molecular weight is 409 g/mol. The molecule has 0 heterocycles. The molecule has 0 aliphatic rings. The third kappa shape index (κ3) is 4.27. The number of anilines is 1. The van der Waals surface area contributed by atoms with E-state index in [1.165, 1.54) is 19.2 Å². The summed E-state index contributed by atoms with van der Waals surface area (Å²) in [6.45, 7) is 4.02. The van der Waals surface area contributed by atoms with Gasteiger partial charge in [-0.3, -0.25) is 14.9 Å². The fourth-order valence-electron chi connectivity index (χ4n) is 2.22. The molecule has 7 nitrogen and oxygen atoms in total. The molecule has 0 aliphatic heterocycles. The van der Waals surface area contributed by atoms with Crippen LogP contribution in [0.15, 0.2) is 34.8 Å². The predicted molar refractivity (Wildman–Crippen MR) is 97.6 cm³/mol. The molecule has 2 aromatic rings. The fraction of sp³-hybridized carbons (Fsp3) is 0.235. The molecule has 2 rings (SSSR count). The van der Waals surface area contributed by atoms with Gasteiger partial charge in [0.15, 0.2) is 11.5 Å². The van der Waals surface area contributed by atoms with E-state index in [-0.39, 0.29) is 22.7 Å². The second-order valence-corrected chi connectivity index (χ2v) is 6.00. The van der Waals surface area contributed by atoms with Crippen LogP contribution in [-0.4, -0.2) is 24.5 Å². The highest BCUT2D eigenvalue weighted by Gasteiger charge is 2.25. The Bertz CT molecular complexity index is 823. The Morgan fingerprint density at radius 1 is 1.28 bits per heavy atom. The summed E-state index contributed by atoms with van der Waals surface area (Å²) in [5.74, 6) is -0.148. The maximum atomic E-state index is 12.6. The Labute approximate surface area is 153 Å². The number of hydrogen-bond donors (Lipinski definition) is 1. The summed E-state index contributed by atoms with van der Waals surface area (Å²) in [7, 11) is 1.38. The number of aryl methyl sites for hydroxylation is 1. The number of nitrogens with zero attached hydrogens (tertiary/aromatic N) is 1. The van der Waals surface area contributed by atoms with Crippen molar-refractivity contribution < 1.29 is 19.2 Å². The molecule has 0 unspecified atom stereocenters. The number of nitrogens with one attached hydrogen (secondary N) is 1. The van der Waals surface area contributed by atoms with Crippen LogP contribution in [-0.2, 0) is 0 Å². The molecule has 0 atom stereocenters. The van der Waals surface area contributed by atoms with Gasteiger partial charge in [-0.05, 0) is 47.5 Å². The molecule has 0 spiro atoms. The number of halogens is 1. The third-order valence-electron chi connectivity index (χ3n) is 3.40. The van der Waals surface area contributed by atoms with Crippen LogP contribution in [0.25, 0.3) is 0 Å². The Morgan fingerprint density at radius 3 is 2.56 bits per heavy atom. The second-order valence-electron chi connectivity index (χ2n) is 5.15. The molecule has 1 amide bonds. The number of carbonyl (C=O) groups is 1. The monoisotopic (exact) mass is 408 g/mol. The topological polar surface area (TPSA) is 90.7 Å². The molecule has 25 heavy (non-hydrogen) atoms. The van der Waals surface area contributed by atoms with Gasteiger partial charge in [0.1, 0.15) is 5.56 Å². The van der Waals surface area contributed by atoms with Crippen LogP contribution in [0.4, 0.5) is 11.4 Å². The highest BCUT2D eigenvalue weighted by Crippen LogP contribution is 2.35. The van der Waals surface area contributed by atoms with Crippen molar-refractivity contribution in [2.24, 2.45) is 0 Å². The first kappa shape index (κ1) is 18.7. The number of rotatable bonds is 6. The number of amides is 1. The summed E-state index contributed by atoms with van der Waals surface area (Å²) >= 11 is 3.36. The van der Waals surface area contributed by atoms with Crippen molar-refractivity contribution in [3.8, 4) is 11.5 Å². The van der Waals surface area contributed by atoms with E-state index in [1.807, 2.05) is 19.1 Å². The Kier molecular flexibility index (Phi) is 5.97. The van der Waals surface area contributed by atoms with Crippen LogP contribution < -0.4 is 14.8 Å². The summed E-state index contributed by atoms with van der Waals surface area (Å²) in [6, 6.07) is 7.89. The number of nitro groups is 1. The van der Waals surface area contributed by atoms with E-state index in [2.05, 4.69) is 21.2 Å². The number of nitro benzene ring substituents is 1. The lowest BCUT2D eigenvalue weighted by atomic mass is 10.1. The predicted octanol–water partition coefficient (Wildman–Crippen LogP) is 4.33. The molecule has 132 valence electrons. The van der Waals surface area contributed by atoms with Gasteiger partial charge >= 0.3 is 0 Å². The van der Waals surface area contributed by atoms with Crippen LogP contribution in [0, 0.1) is 17.0 Å². The molecule has 1 N–H and O–H groups in total. The van der Waals surface area contributed by atoms with Gasteiger partial charge in [0.2, 0.25) is 0 Å². The summed E-state index contributed by atoms with van der Waals surface area (Å²) in [6.07, 6.45) is 0. The van der Waals surface area contributed by atoms with Gasteiger partial charge in [-0.25, -0.2) is 0 Å². The van der Waals surface area contributed by atoms with E-state index in [9.17, 15) is 14.9 Å². The van der Waals surface area contributed by atoms with Crippen molar-refractivity contribution in [1.29, 1.82) is 0 Å². The van der Waals surface area contributed by atoms with Gasteiger partial charge in [0, 0.05) is 10.5 Å². The average Bonchev–Trinajstić information content (AvgIpc) is 2.57. The zero-order valence-electron chi connectivity index (χ0n) is 14.0. The SMILES string of the molecule is CCOc1cc(C(=O)Nc2ccc(C)cc2Br)c([N+](=O)[O-])cc1OC. The molecule has 0 radical (unpaired) electrons. The van der Waals surface area contributed by atoms with Crippen molar-refractivity contribution in [3.05, 3.63) is 56.0 Å². The number of hydrogen-bond acceptors (Lipinski definition) is 5.